The fourth-order valence-corrected chi connectivity index (χ4v) is 5.04. The van der Waals surface area contributed by atoms with Gasteiger partial charge in [-0.3, -0.25) is 4.79 Å². The fourth-order valence-electron chi connectivity index (χ4n) is 4.00. The zero-order chi connectivity index (χ0) is 18.9. The van der Waals surface area contributed by atoms with Crippen LogP contribution < -0.4 is 10.5 Å². The molecule has 2 fully saturated rings. The number of likely N-dealkylation sites (tertiary alicyclic amines) is 1. The topological polar surface area (TPSA) is 102 Å². The van der Waals surface area contributed by atoms with Crippen molar-refractivity contribution < 1.29 is 17.9 Å². The van der Waals surface area contributed by atoms with Gasteiger partial charge in [-0.2, -0.15) is 0 Å². The van der Waals surface area contributed by atoms with Crippen LogP contribution in [0.5, 0.6) is 0 Å². The maximum atomic E-state index is 13.0. The molecule has 0 aromatic heterocycles. The van der Waals surface area contributed by atoms with Crippen LogP contribution in [0.2, 0.25) is 0 Å². The molecule has 1 heterocycles. The number of ether oxygens (including phenoxy) is 1. The van der Waals surface area contributed by atoms with Crippen molar-refractivity contribution in [2.24, 2.45) is 17.6 Å². The Balaban J connectivity index is 0.00000261. The third-order valence-corrected chi connectivity index (χ3v) is 7.01. The summed E-state index contributed by atoms with van der Waals surface area (Å²) in [7, 11) is -2.17. The SMILES string of the molecule is COCCNS(=O)(=O)c1ccc(C)c(C(=O)N2CC3CCC(N)C3C2)c1.Cl. The van der Waals surface area contributed by atoms with Gasteiger partial charge in [0.15, 0.2) is 0 Å². The van der Waals surface area contributed by atoms with Gasteiger partial charge in [0.2, 0.25) is 10.0 Å². The number of sulfonamides is 1. The Morgan fingerprint density at radius 2 is 2.07 bits per heavy atom. The standard InChI is InChI=1S/C18H27N3O4S.ClH/c1-12-3-5-14(26(23,24)20-7-8-25-2)9-15(12)18(22)21-10-13-4-6-17(19)16(13)11-21;/h3,5,9,13,16-17,20H,4,6-8,10-11,19H2,1-2H3;1H. The molecule has 3 unspecified atom stereocenters. The first-order valence-electron chi connectivity index (χ1n) is 8.97. The molecule has 1 saturated carbocycles. The maximum Gasteiger partial charge on any atom is 0.254 e. The number of rotatable bonds is 6. The third kappa shape index (κ3) is 4.63. The number of amides is 1. The predicted molar refractivity (Wildman–Crippen MR) is 106 cm³/mol. The Labute approximate surface area is 167 Å². The summed E-state index contributed by atoms with van der Waals surface area (Å²) in [6, 6.07) is 4.84. The smallest absolute Gasteiger partial charge is 0.254 e. The molecule has 0 radical (unpaired) electrons. The van der Waals surface area contributed by atoms with Crippen LogP contribution >= 0.6 is 12.4 Å². The van der Waals surface area contributed by atoms with Crippen molar-refractivity contribution in [1.82, 2.24) is 9.62 Å². The highest BCUT2D eigenvalue weighted by atomic mass is 35.5. The number of halogens is 1. The number of nitrogens with one attached hydrogen (secondary N) is 1. The average Bonchev–Trinajstić information content (AvgIpc) is 3.17. The first-order chi connectivity index (χ1) is 12.3. The number of hydrogen-bond acceptors (Lipinski definition) is 5. The van der Waals surface area contributed by atoms with Crippen molar-refractivity contribution in [3.05, 3.63) is 29.3 Å². The minimum absolute atomic E-state index is 0. The van der Waals surface area contributed by atoms with Crippen molar-refractivity contribution >= 4 is 28.3 Å². The molecule has 1 aliphatic carbocycles. The molecule has 3 N–H and O–H groups in total. The van der Waals surface area contributed by atoms with Crippen molar-refractivity contribution in [3.63, 3.8) is 0 Å². The number of carbonyl (C=O) groups excluding carboxylic acids is 1. The highest BCUT2D eigenvalue weighted by Gasteiger charge is 2.42. The second kappa shape index (κ2) is 8.87. The van der Waals surface area contributed by atoms with Crippen LogP contribution in [-0.2, 0) is 14.8 Å². The molecule has 2 aliphatic rings. The van der Waals surface area contributed by atoms with Crippen LogP contribution in [0.3, 0.4) is 0 Å². The Hall–Kier alpha value is -1.19. The Bertz CT molecular complexity index is 787. The lowest BCUT2D eigenvalue weighted by atomic mass is 9.98. The first kappa shape index (κ1) is 22.1. The number of carbonyl (C=O) groups is 1. The number of benzene rings is 1. The molecule has 7 nitrogen and oxygen atoms in total. The molecule has 1 aromatic carbocycles. The molecule has 27 heavy (non-hydrogen) atoms. The lowest BCUT2D eigenvalue weighted by Crippen LogP contribution is -2.34. The van der Waals surface area contributed by atoms with Crippen molar-refractivity contribution in [2.45, 2.75) is 30.7 Å². The van der Waals surface area contributed by atoms with Crippen LogP contribution in [0.4, 0.5) is 0 Å². The molecular formula is C18H28ClN3O4S. The van der Waals surface area contributed by atoms with E-state index in [2.05, 4.69) is 4.72 Å². The Morgan fingerprint density at radius 3 is 2.74 bits per heavy atom. The summed E-state index contributed by atoms with van der Waals surface area (Å²) >= 11 is 0. The van der Waals surface area contributed by atoms with Crippen LogP contribution in [0.1, 0.15) is 28.8 Å². The minimum Gasteiger partial charge on any atom is -0.383 e. The van der Waals surface area contributed by atoms with Gasteiger partial charge < -0.3 is 15.4 Å². The lowest BCUT2D eigenvalue weighted by molar-refractivity contribution is 0.0778. The van der Waals surface area contributed by atoms with Gasteiger partial charge in [0.25, 0.3) is 5.91 Å². The predicted octanol–water partition coefficient (Wildman–Crippen LogP) is 1.15. The van der Waals surface area contributed by atoms with E-state index < -0.39 is 10.0 Å². The van der Waals surface area contributed by atoms with Crippen LogP contribution in [-0.4, -0.2) is 58.6 Å². The molecule has 1 aliphatic heterocycles. The molecule has 3 rings (SSSR count). The van der Waals surface area contributed by atoms with E-state index in [1.807, 2.05) is 11.8 Å². The zero-order valence-electron chi connectivity index (χ0n) is 15.7. The van der Waals surface area contributed by atoms with E-state index in [-0.39, 0.29) is 42.4 Å². The number of methoxy groups -OCH3 is 1. The van der Waals surface area contributed by atoms with Crippen molar-refractivity contribution in [2.75, 3.05) is 33.4 Å². The van der Waals surface area contributed by atoms with Gasteiger partial charge in [-0.05, 0) is 49.3 Å². The highest BCUT2D eigenvalue weighted by Crippen LogP contribution is 2.37. The lowest BCUT2D eigenvalue weighted by Gasteiger charge is -2.20. The van der Waals surface area contributed by atoms with E-state index in [9.17, 15) is 13.2 Å². The molecular weight excluding hydrogens is 390 g/mol. The molecule has 1 saturated heterocycles. The highest BCUT2D eigenvalue weighted by molar-refractivity contribution is 7.89. The summed E-state index contributed by atoms with van der Waals surface area (Å²) in [6.07, 6.45) is 2.09. The van der Waals surface area contributed by atoms with Crippen molar-refractivity contribution in [1.29, 1.82) is 0 Å². The minimum atomic E-state index is -3.67. The summed E-state index contributed by atoms with van der Waals surface area (Å²) in [4.78, 5) is 14.9. The third-order valence-electron chi connectivity index (χ3n) is 5.55. The summed E-state index contributed by atoms with van der Waals surface area (Å²) in [5.41, 5.74) is 7.36. The molecule has 1 aromatic rings. The van der Waals surface area contributed by atoms with Gasteiger partial charge in [0.05, 0.1) is 11.5 Å². The van der Waals surface area contributed by atoms with Gasteiger partial charge in [-0.1, -0.05) is 6.07 Å². The molecule has 0 spiro atoms. The monoisotopic (exact) mass is 417 g/mol. The van der Waals surface area contributed by atoms with Gasteiger partial charge in [0.1, 0.15) is 0 Å². The summed E-state index contributed by atoms with van der Waals surface area (Å²) in [5, 5.41) is 0. The summed E-state index contributed by atoms with van der Waals surface area (Å²) < 4.78 is 32.2. The molecule has 9 heteroatoms. The number of nitrogens with two attached hydrogens (primary N) is 1. The number of fused-ring (bicyclic) bond motifs is 1. The molecule has 1 amide bonds. The van der Waals surface area contributed by atoms with E-state index in [1.54, 1.807) is 6.07 Å². The summed E-state index contributed by atoms with van der Waals surface area (Å²) in [6.45, 7) is 3.66. The van der Waals surface area contributed by atoms with Gasteiger partial charge in [-0.25, -0.2) is 13.1 Å². The Kier molecular flexibility index (Phi) is 7.27. The van der Waals surface area contributed by atoms with Crippen LogP contribution in [0.25, 0.3) is 0 Å². The second-order valence-electron chi connectivity index (χ2n) is 7.24. The molecule has 152 valence electrons. The van der Waals surface area contributed by atoms with Crippen molar-refractivity contribution in [3.8, 4) is 0 Å². The quantitative estimate of drug-likeness (QED) is 0.676. The maximum absolute atomic E-state index is 13.0. The van der Waals surface area contributed by atoms with E-state index in [4.69, 9.17) is 10.5 Å². The summed E-state index contributed by atoms with van der Waals surface area (Å²) in [5.74, 6) is 0.719. The molecule has 0 bridgehead atoms. The van der Waals surface area contributed by atoms with Gasteiger partial charge >= 0.3 is 0 Å². The van der Waals surface area contributed by atoms with E-state index in [0.29, 0.717) is 30.5 Å². The van der Waals surface area contributed by atoms with Gasteiger partial charge in [-0.15, -0.1) is 12.4 Å². The largest absolute Gasteiger partial charge is 0.383 e. The van der Waals surface area contributed by atoms with Gasteiger partial charge in [0, 0.05) is 38.3 Å². The Morgan fingerprint density at radius 1 is 1.33 bits per heavy atom. The van der Waals surface area contributed by atoms with E-state index in [0.717, 1.165) is 18.4 Å². The van der Waals surface area contributed by atoms with E-state index in [1.165, 1.54) is 19.2 Å². The number of hydrogen-bond donors (Lipinski definition) is 2. The average molecular weight is 418 g/mol. The zero-order valence-corrected chi connectivity index (χ0v) is 17.3. The van der Waals surface area contributed by atoms with E-state index >= 15 is 0 Å². The molecule has 3 atom stereocenters. The number of aryl methyl sites for hydroxylation is 1. The first-order valence-corrected chi connectivity index (χ1v) is 10.5. The number of nitrogens with zero attached hydrogens (tertiary/aromatic N) is 1. The fraction of sp³-hybridized carbons (Fsp3) is 0.611. The normalized spacial score (nSPS) is 24.6. The van der Waals surface area contributed by atoms with Crippen LogP contribution in [0.15, 0.2) is 23.1 Å². The van der Waals surface area contributed by atoms with Crippen LogP contribution in [0, 0.1) is 18.8 Å². The second-order valence-corrected chi connectivity index (χ2v) is 9.01.